The van der Waals surface area contributed by atoms with Crippen LogP contribution in [-0.4, -0.2) is 54.4 Å². The summed E-state index contributed by atoms with van der Waals surface area (Å²) in [5, 5.41) is 4.09. The zero-order valence-corrected chi connectivity index (χ0v) is 18.9. The Labute approximate surface area is 183 Å². The highest BCUT2D eigenvalue weighted by molar-refractivity contribution is 6.01. The molecule has 0 aliphatic rings. The fourth-order valence-electron chi connectivity index (χ4n) is 3.51. The van der Waals surface area contributed by atoms with Crippen molar-refractivity contribution in [2.75, 3.05) is 58.7 Å². The molecule has 0 saturated heterocycles. The molecule has 7 nitrogen and oxygen atoms in total. The minimum atomic E-state index is -0.00845. The molecule has 1 aromatic heterocycles. The molecule has 31 heavy (non-hydrogen) atoms. The number of carbonyl (C=O) groups excluding carboxylic acids is 1. The number of nitrogens with one attached hydrogen (secondary N) is 3. The van der Waals surface area contributed by atoms with Gasteiger partial charge in [-0.3, -0.25) is 9.69 Å². The monoisotopic (exact) mass is 424 g/mol. The Bertz CT molecular complexity index is 1050. The van der Waals surface area contributed by atoms with E-state index >= 15 is 0 Å². The summed E-state index contributed by atoms with van der Waals surface area (Å²) in [4.78, 5) is 19.3. The largest absolute Gasteiger partial charge is 0.493 e. The van der Waals surface area contributed by atoms with Crippen molar-refractivity contribution in [3.8, 4) is 11.5 Å². The fraction of sp³-hybridized carbons (Fsp3) is 0.333. The number of hydrogen-bond acceptors (Lipinski definition) is 4. The van der Waals surface area contributed by atoms with Crippen LogP contribution in [-0.2, 0) is 11.2 Å². The number of quaternary nitrogens is 1. The van der Waals surface area contributed by atoms with E-state index in [1.807, 2.05) is 74.6 Å². The van der Waals surface area contributed by atoms with Gasteiger partial charge in [0.05, 0.1) is 53.7 Å². The Kier molecular flexibility index (Phi) is 7.31. The third kappa shape index (κ3) is 5.64. The summed E-state index contributed by atoms with van der Waals surface area (Å²) in [5.41, 5.74) is 2.95. The Balaban J connectivity index is 1.63. The lowest BCUT2D eigenvalue weighted by atomic mass is 10.1. The molecule has 0 fully saturated rings. The van der Waals surface area contributed by atoms with Crippen LogP contribution in [0.15, 0.2) is 48.5 Å². The van der Waals surface area contributed by atoms with Crippen LogP contribution in [0, 0.1) is 0 Å². The van der Waals surface area contributed by atoms with Crippen molar-refractivity contribution in [3.05, 3.63) is 54.1 Å². The van der Waals surface area contributed by atoms with E-state index in [0.29, 0.717) is 6.54 Å². The molecule has 1 atom stereocenters. The molecule has 0 saturated carbocycles. The summed E-state index contributed by atoms with van der Waals surface area (Å²) in [6.45, 7) is 1.21. The number of methoxy groups -OCH3 is 2. The molecular weight excluding hydrogens is 392 g/mol. The topological polar surface area (TPSA) is 69.4 Å². The van der Waals surface area contributed by atoms with Crippen LogP contribution >= 0.6 is 0 Å². The lowest BCUT2D eigenvalue weighted by molar-refractivity contribution is -0.870. The van der Waals surface area contributed by atoms with Crippen LogP contribution in [0.2, 0.25) is 0 Å². The van der Waals surface area contributed by atoms with E-state index in [1.54, 1.807) is 14.2 Å². The molecule has 0 radical (unpaired) electrons. The van der Waals surface area contributed by atoms with E-state index in [1.165, 1.54) is 0 Å². The van der Waals surface area contributed by atoms with Crippen molar-refractivity contribution in [2.24, 2.45) is 0 Å². The number of likely N-dealkylation sites (N-methyl/N-ethyl adjacent to an activating group) is 1. The van der Waals surface area contributed by atoms with Crippen molar-refractivity contribution in [1.82, 2.24) is 0 Å². The summed E-state index contributed by atoms with van der Waals surface area (Å²) < 4.78 is 10.7. The number of aromatic amines is 1. The predicted molar refractivity (Wildman–Crippen MR) is 123 cm³/mol. The molecule has 3 aromatic rings. The van der Waals surface area contributed by atoms with Crippen molar-refractivity contribution in [2.45, 2.75) is 6.42 Å². The van der Waals surface area contributed by atoms with E-state index in [0.717, 1.165) is 57.3 Å². The van der Waals surface area contributed by atoms with Crippen molar-refractivity contribution in [1.29, 1.82) is 0 Å². The number of rotatable bonds is 9. The Hall–Kier alpha value is -3.32. The fourth-order valence-corrected chi connectivity index (χ4v) is 3.51. The van der Waals surface area contributed by atoms with Gasteiger partial charge in [-0.15, -0.1) is 0 Å². The second-order valence-corrected chi connectivity index (χ2v) is 7.88. The van der Waals surface area contributed by atoms with E-state index in [4.69, 9.17) is 9.47 Å². The molecule has 7 heteroatoms. The lowest BCUT2D eigenvalue weighted by Gasteiger charge is -2.16. The highest BCUT2D eigenvalue weighted by Crippen LogP contribution is 2.27. The first-order chi connectivity index (χ1) is 14.9. The number of para-hydroxylation sites is 1. The number of carbonyl (C=O) groups is 1. The van der Waals surface area contributed by atoms with Crippen molar-refractivity contribution in [3.63, 3.8) is 0 Å². The van der Waals surface area contributed by atoms with E-state index < -0.39 is 0 Å². The first-order valence-corrected chi connectivity index (χ1v) is 10.4. The molecule has 1 unspecified atom stereocenters. The summed E-state index contributed by atoms with van der Waals surface area (Å²) >= 11 is 0. The minimum Gasteiger partial charge on any atom is -0.493 e. The molecule has 0 bridgehead atoms. The average Bonchev–Trinajstić information content (AvgIpc) is 2.77. The van der Waals surface area contributed by atoms with E-state index in [9.17, 15) is 4.79 Å². The second-order valence-electron chi connectivity index (χ2n) is 7.88. The van der Waals surface area contributed by atoms with Gasteiger partial charge in [-0.05, 0) is 29.8 Å². The van der Waals surface area contributed by atoms with Gasteiger partial charge < -0.3 is 19.7 Å². The summed E-state index contributed by atoms with van der Waals surface area (Å²) in [6.07, 6.45) is 0.841. The molecule has 2 aromatic carbocycles. The van der Waals surface area contributed by atoms with Crippen LogP contribution in [0.4, 0.5) is 11.5 Å². The van der Waals surface area contributed by atoms with E-state index in [-0.39, 0.29) is 5.91 Å². The third-order valence-corrected chi connectivity index (χ3v) is 5.27. The van der Waals surface area contributed by atoms with Gasteiger partial charge in [-0.2, -0.15) is 0 Å². The summed E-state index contributed by atoms with van der Waals surface area (Å²) in [6, 6.07) is 15.9. The smallest absolute Gasteiger partial charge is 0.279 e. The number of H-pyrrole nitrogens is 1. The maximum absolute atomic E-state index is 12.8. The number of ether oxygens (including phenoxy) is 2. The highest BCUT2D eigenvalue weighted by atomic mass is 16.5. The number of aromatic nitrogens is 1. The Morgan fingerprint density at radius 3 is 2.52 bits per heavy atom. The van der Waals surface area contributed by atoms with Gasteiger partial charge in [0, 0.05) is 11.8 Å². The number of nitrogens with zero attached hydrogens (tertiary/aromatic N) is 1. The van der Waals surface area contributed by atoms with Gasteiger partial charge in [0.15, 0.2) is 18.0 Å². The molecule has 1 amide bonds. The highest BCUT2D eigenvalue weighted by Gasteiger charge is 2.16. The van der Waals surface area contributed by atoms with Gasteiger partial charge in [0.25, 0.3) is 11.7 Å². The molecule has 0 aliphatic heterocycles. The van der Waals surface area contributed by atoms with Crippen LogP contribution in [0.1, 0.15) is 5.56 Å². The van der Waals surface area contributed by atoms with Gasteiger partial charge in [0.2, 0.25) is 0 Å². The number of amides is 1. The first kappa shape index (κ1) is 22.4. The van der Waals surface area contributed by atoms with Crippen molar-refractivity contribution < 1.29 is 24.2 Å². The van der Waals surface area contributed by atoms with Gasteiger partial charge >= 0.3 is 0 Å². The van der Waals surface area contributed by atoms with Gasteiger partial charge in [-0.1, -0.05) is 18.2 Å². The number of benzene rings is 2. The molecule has 164 valence electrons. The normalized spacial score (nSPS) is 11.8. The minimum absolute atomic E-state index is 0.00845. The second kappa shape index (κ2) is 10.1. The average molecular weight is 425 g/mol. The first-order valence-electron chi connectivity index (χ1n) is 10.4. The van der Waals surface area contributed by atoms with Gasteiger partial charge in [0.1, 0.15) is 5.52 Å². The maximum Gasteiger partial charge on any atom is 0.279 e. The number of anilines is 2. The van der Waals surface area contributed by atoms with Crippen LogP contribution < -0.4 is 29.6 Å². The maximum atomic E-state index is 12.8. The molecule has 1 heterocycles. The molecule has 3 N–H and O–H groups in total. The molecule has 3 rings (SSSR count). The molecular formula is C24H32N4O3+2. The Morgan fingerprint density at radius 2 is 1.81 bits per heavy atom. The van der Waals surface area contributed by atoms with Crippen LogP contribution in [0.3, 0.4) is 0 Å². The lowest BCUT2D eigenvalue weighted by Crippen LogP contribution is -3.10. The SMILES string of the molecule is COc1ccc(CC[NH+](C)CC(=O)Nc2cc(N(C)C)[nH+]c3ccccc23)cc1OC. The van der Waals surface area contributed by atoms with Gasteiger partial charge in [-0.25, -0.2) is 4.98 Å². The van der Waals surface area contributed by atoms with E-state index in [2.05, 4.69) is 10.3 Å². The molecule has 0 spiro atoms. The number of fused-ring (bicyclic) bond motifs is 1. The van der Waals surface area contributed by atoms with Crippen LogP contribution in [0.25, 0.3) is 10.9 Å². The summed E-state index contributed by atoms with van der Waals surface area (Å²) in [7, 11) is 9.23. The third-order valence-electron chi connectivity index (χ3n) is 5.27. The van der Waals surface area contributed by atoms with Crippen molar-refractivity contribution >= 4 is 28.3 Å². The zero-order chi connectivity index (χ0) is 22.4. The number of hydrogen-bond donors (Lipinski definition) is 2. The Morgan fingerprint density at radius 1 is 1.06 bits per heavy atom. The number of pyridine rings is 1. The quantitative estimate of drug-likeness (QED) is 0.545. The van der Waals surface area contributed by atoms with Crippen LogP contribution in [0.5, 0.6) is 11.5 Å². The predicted octanol–water partition coefficient (Wildman–Crippen LogP) is 1.43. The standard InChI is InChI=1S/C24H30N4O3/c1-27(2)23-15-20(18-8-6-7-9-19(18)25-23)26-24(29)16-28(3)13-12-17-10-11-21(30-4)22(14-17)31-5/h6-11,14-15H,12-13,16H2,1-5H3,(H,25,26,29)/p+2. The summed E-state index contributed by atoms with van der Waals surface area (Å²) in [5.74, 6) is 2.37. The zero-order valence-electron chi connectivity index (χ0n) is 18.9. The molecule has 0 aliphatic carbocycles.